The Morgan fingerprint density at radius 2 is 1.88 bits per heavy atom. The minimum Gasteiger partial charge on any atom is -0.477 e. The van der Waals surface area contributed by atoms with Crippen molar-refractivity contribution in [2.24, 2.45) is 5.10 Å². The first kappa shape index (κ1) is 25.0. The molecular weight excluding hydrogens is 581 g/mol. The molecule has 0 radical (unpaired) electrons. The number of rotatable bonds is 8. The van der Waals surface area contributed by atoms with E-state index in [1.807, 2.05) is 0 Å². The number of amides is 1. The highest BCUT2D eigenvalue weighted by molar-refractivity contribution is 9.11. The number of nitrogens with one attached hydrogen (secondary N) is 1. The quantitative estimate of drug-likeness (QED) is 0.129. The van der Waals surface area contributed by atoms with Gasteiger partial charge in [0.1, 0.15) is 5.82 Å². The maximum Gasteiger partial charge on any atom is 0.343 e. The first-order valence-corrected chi connectivity index (χ1v) is 11.0. The smallest absolute Gasteiger partial charge is 0.343 e. The SMILES string of the molecule is O=C(COc1ccccc1[N+](=O)[O-])NN=Cc1cc(Br)cc(Br)c1OC(=O)c1cccc(F)c1. The minimum absolute atomic E-state index is 0.0122. The Labute approximate surface area is 209 Å². The zero-order chi connectivity index (χ0) is 24.7. The molecule has 0 aliphatic heterocycles. The fraction of sp³-hybridized carbons (Fsp3) is 0.0455. The third-order valence-electron chi connectivity index (χ3n) is 4.11. The molecule has 3 aromatic carbocycles. The van der Waals surface area contributed by atoms with Gasteiger partial charge in [0.25, 0.3) is 5.91 Å². The minimum atomic E-state index is -0.793. The maximum absolute atomic E-state index is 13.4. The molecule has 34 heavy (non-hydrogen) atoms. The van der Waals surface area contributed by atoms with Gasteiger partial charge in [0.05, 0.1) is 21.2 Å². The molecule has 0 bridgehead atoms. The number of para-hydroxylation sites is 2. The van der Waals surface area contributed by atoms with Crippen molar-refractivity contribution in [2.45, 2.75) is 0 Å². The standard InChI is InChI=1S/C22H14Br2FN3O6/c23-15-8-14(21(17(24)10-15)34-22(30)13-4-3-5-16(25)9-13)11-26-27-20(29)12-33-19-7-2-1-6-18(19)28(31)32/h1-11H,12H2,(H,27,29). The first-order chi connectivity index (χ1) is 16.2. The number of nitro benzene ring substituents is 1. The van der Waals surface area contributed by atoms with Crippen molar-refractivity contribution in [3.8, 4) is 11.5 Å². The van der Waals surface area contributed by atoms with Crippen LogP contribution in [0.1, 0.15) is 15.9 Å². The second kappa shape index (κ2) is 11.5. The Kier molecular flexibility index (Phi) is 8.44. The second-order valence-corrected chi connectivity index (χ2v) is 8.28. The molecule has 3 rings (SSSR count). The largest absolute Gasteiger partial charge is 0.477 e. The van der Waals surface area contributed by atoms with E-state index < -0.39 is 29.2 Å². The summed E-state index contributed by atoms with van der Waals surface area (Å²) in [4.78, 5) is 34.9. The van der Waals surface area contributed by atoms with Gasteiger partial charge in [0, 0.05) is 16.1 Å². The van der Waals surface area contributed by atoms with Gasteiger partial charge >= 0.3 is 11.7 Å². The van der Waals surface area contributed by atoms with Crippen LogP contribution in [0.2, 0.25) is 0 Å². The number of nitrogens with zero attached hydrogens (tertiary/aromatic N) is 2. The molecule has 0 aliphatic rings. The molecule has 0 saturated carbocycles. The van der Waals surface area contributed by atoms with Crippen molar-refractivity contribution in [2.75, 3.05) is 6.61 Å². The van der Waals surface area contributed by atoms with Crippen molar-refractivity contribution >= 4 is 55.6 Å². The van der Waals surface area contributed by atoms with Crippen molar-refractivity contribution in [3.05, 3.63) is 96.7 Å². The Morgan fingerprint density at radius 3 is 2.62 bits per heavy atom. The number of carbonyl (C=O) groups is 2. The van der Waals surface area contributed by atoms with Crippen molar-refractivity contribution in [1.29, 1.82) is 0 Å². The molecule has 3 aromatic rings. The lowest BCUT2D eigenvalue weighted by Gasteiger charge is -2.10. The molecule has 0 spiro atoms. The van der Waals surface area contributed by atoms with Crippen LogP contribution in [-0.2, 0) is 4.79 Å². The molecule has 0 saturated heterocycles. The van der Waals surface area contributed by atoms with Crippen LogP contribution in [-0.4, -0.2) is 29.6 Å². The first-order valence-electron chi connectivity index (χ1n) is 9.39. The predicted molar refractivity (Wildman–Crippen MR) is 128 cm³/mol. The van der Waals surface area contributed by atoms with Gasteiger partial charge in [-0.25, -0.2) is 14.6 Å². The van der Waals surface area contributed by atoms with E-state index in [0.717, 1.165) is 6.07 Å². The maximum atomic E-state index is 13.4. The number of benzene rings is 3. The van der Waals surface area contributed by atoms with Crippen LogP contribution in [0.5, 0.6) is 11.5 Å². The number of hydrogen-bond acceptors (Lipinski definition) is 7. The number of carbonyl (C=O) groups excluding carboxylic acids is 2. The van der Waals surface area contributed by atoms with Gasteiger partial charge in [-0.15, -0.1) is 0 Å². The zero-order valence-electron chi connectivity index (χ0n) is 17.0. The monoisotopic (exact) mass is 593 g/mol. The predicted octanol–water partition coefficient (Wildman–Crippen LogP) is 5.01. The van der Waals surface area contributed by atoms with Crippen molar-refractivity contribution in [1.82, 2.24) is 5.43 Å². The Bertz CT molecular complexity index is 1290. The molecule has 174 valence electrons. The summed E-state index contributed by atoms with van der Waals surface area (Å²) in [7, 11) is 0. The summed E-state index contributed by atoms with van der Waals surface area (Å²) in [6.07, 6.45) is 1.23. The molecule has 0 unspecified atom stereocenters. The molecule has 1 amide bonds. The van der Waals surface area contributed by atoms with Gasteiger partial charge in [-0.05, 0) is 52.3 Å². The summed E-state index contributed by atoms with van der Waals surface area (Å²) >= 11 is 6.61. The number of esters is 1. The fourth-order valence-corrected chi connectivity index (χ4v) is 3.97. The zero-order valence-corrected chi connectivity index (χ0v) is 20.2. The average molecular weight is 595 g/mol. The highest BCUT2D eigenvalue weighted by atomic mass is 79.9. The highest BCUT2D eigenvalue weighted by Gasteiger charge is 2.17. The van der Waals surface area contributed by atoms with Crippen molar-refractivity contribution in [3.63, 3.8) is 0 Å². The van der Waals surface area contributed by atoms with Crippen LogP contribution >= 0.6 is 31.9 Å². The number of halogens is 3. The molecule has 1 N–H and O–H groups in total. The molecule has 0 heterocycles. The summed E-state index contributed by atoms with van der Waals surface area (Å²) < 4.78 is 25.0. The van der Waals surface area contributed by atoms with Crippen molar-refractivity contribution < 1.29 is 28.4 Å². The van der Waals surface area contributed by atoms with Crippen LogP contribution in [0.15, 0.2) is 74.7 Å². The van der Waals surface area contributed by atoms with Crippen LogP contribution in [0.25, 0.3) is 0 Å². The second-order valence-electron chi connectivity index (χ2n) is 6.51. The van der Waals surface area contributed by atoms with E-state index in [2.05, 4.69) is 42.4 Å². The lowest BCUT2D eigenvalue weighted by Crippen LogP contribution is -2.24. The van der Waals surface area contributed by atoms with Gasteiger partial charge in [-0.1, -0.05) is 34.1 Å². The molecule has 0 aliphatic carbocycles. The fourth-order valence-electron chi connectivity index (χ4n) is 2.63. The lowest BCUT2D eigenvalue weighted by atomic mass is 10.2. The van der Waals surface area contributed by atoms with Crippen LogP contribution < -0.4 is 14.9 Å². The molecule has 0 aromatic heterocycles. The normalized spacial score (nSPS) is 10.7. The van der Waals surface area contributed by atoms with Gasteiger partial charge in [0.2, 0.25) is 0 Å². The summed E-state index contributed by atoms with van der Waals surface area (Å²) in [5.74, 6) is -2.03. The number of hydrazone groups is 1. The van der Waals surface area contributed by atoms with E-state index in [-0.39, 0.29) is 22.7 Å². The average Bonchev–Trinajstić information content (AvgIpc) is 2.79. The Hall–Kier alpha value is -3.64. The van der Waals surface area contributed by atoms with E-state index in [1.54, 1.807) is 12.1 Å². The summed E-state index contributed by atoms with van der Waals surface area (Å²) in [5, 5.41) is 14.8. The lowest BCUT2D eigenvalue weighted by molar-refractivity contribution is -0.385. The van der Waals surface area contributed by atoms with Gasteiger partial charge in [-0.3, -0.25) is 14.9 Å². The molecule has 0 fully saturated rings. The van der Waals surface area contributed by atoms with Gasteiger partial charge < -0.3 is 9.47 Å². The van der Waals surface area contributed by atoms with E-state index in [1.165, 1.54) is 48.7 Å². The van der Waals surface area contributed by atoms with E-state index in [9.17, 15) is 24.1 Å². The van der Waals surface area contributed by atoms with E-state index >= 15 is 0 Å². The number of nitro groups is 1. The Balaban J connectivity index is 1.69. The van der Waals surface area contributed by atoms with Gasteiger partial charge in [-0.2, -0.15) is 5.10 Å². The summed E-state index contributed by atoms with van der Waals surface area (Å²) in [6.45, 7) is -0.522. The van der Waals surface area contributed by atoms with Crippen LogP contribution in [0.4, 0.5) is 10.1 Å². The third-order valence-corrected chi connectivity index (χ3v) is 5.15. The molecule has 0 atom stereocenters. The van der Waals surface area contributed by atoms with E-state index in [4.69, 9.17) is 9.47 Å². The molecular formula is C22H14Br2FN3O6. The molecule has 12 heteroatoms. The summed E-state index contributed by atoms with van der Waals surface area (Å²) in [5.41, 5.74) is 2.27. The topological polar surface area (TPSA) is 120 Å². The summed E-state index contributed by atoms with van der Waals surface area (Å²) in [6, 6.07) is 13.9. The molecule has 9 nitrogen and oxygen atoms in total. The third kappa shape index (κ3) is 6.68. The van der Waals surface area contributed by atoms with Crippen LogP contribution in [0, 0.1) is 15.9 Å². The van der Waals surface area contributed by atoms with Crippen LogP contribution in [0.3, 0.4) is 0 Å². The number of ether oxygens (including phenoxy) is 2. The van der Waals surface area contributed by atoms with Gasteiger partial charge in [0.15, 0.2) is 18.1 Å². The van der Waals surface area contributed by atoms with E-state index in [0.29, 0.717) is 14.5 Å². The number of hydrogen-bond donors (Lipinski definition) is 1. The Morgan fingerprint density at radius 1 is 1.12 bits per heavy atom. The highest BCUT2D eigenvalue weighted by Crippen LogP contribution is 2.33.